The Morgan fingerprint density at radius 3 is 2.43 bits per heavy atom. The van der Waals surface area contributed by atoms with Crippen LogP contribution < -0.4 is 5.73 Å². The van der Waals surface area contributed by atoms with E-state index in [0.717, 1.165) is 18.4 Å². The van der Waals surface area contributed by atoms with E-state index in [1.807, 2.05) is 19.9 Å². The smallest absolute Gasteiger partial charge is 0.243 e. The van der Waals surface area contributed by atoms with Crippen LogP contribution in [0.2, 0.25) is 0 Å². The Morgan fingerprint density at radius 2 is 1.90 bits per heavy atom. The van der Waals surface area contributed by atoms with E-state index in [1.54, 1.807) is 26.1 Å². The molecule has 1 rings (SSSR count). The van der Waals surface area contributed by atoms with Gasteiger partial charge in [-0.2, -0.15) is 4.31 Å². The fourth-order valence-corrected chi connectivity index (χ4v) is 4.01. The molecule has 2 N–H and O–H groups in total. The van der Waals surface area contributed by atoms with Crippen LogP contribution in [-0.4, -0.2) is 32.4 Å². The van der Waals surface area contributed by atoms with Gasteiger partial charge in [0.2, 0.25) is 10.0 Å². The highest BCUT2D eigenvalue weighted by Crippen LogP contribution is 2.23. The van der Waals surface area contributed by atoms with Crippen LogP contribution in [0.3, 0.4) is 0 Å². The van der Waals surface area contributed by atoms with E-state index in [2.05, 4.69) is 11.8 Å². The van der Waals surface area contributed by atoms with Crippen LogP contribution in [0.15, 0.2) is 23.1 Å². The van der Waals surface area contributed by atoms with Crippen LogP contribution in [-0.2, 0) is 10.0 Å². The summed E-state index contributed by atoms with van der Waals surface area (Å²) in [5.41, 5.74) is 6.75. The maximum Gasteiger partial charge on any atom is 0.243 e. The summed E-state index contributed by atoms with van der Waals surface area (Å²) in [6.45, 7) is 6.05. The van der Waals surface area contributed by atoms with Crippen molar-refractivity contribution in [3.8, 4) is 11.8 Å². The van der Waals surface area contributed by atoms with Gasteiger partial charge in [-0.3, -0.25) is 0 Å². The molecular weight excluding hydrogens is 284 g/mol. The van der Waals surface area contributed by atoms with Crippen LogP contribution in [0, 0.1) is 18.8 Å². The topological polar surface area (TPSA) is 63.4 Å². The van der Waals surface area contributed by atoms with Crippen molar-refractivity contribution in [2.45, 2.75) is 44.6 Å². The lowest BCUT2D eigenvalue weighted by atomic mass is 10.1. The van der Waals surface area contributed by atoms with Gasteiger partial charge in [0, 0.05) is 18.7 Å². The molecule has 0 aliphatic heterocycles. The highest BCUT2D eigenvalue weighted by Gasteiger charge is 2.27. The van der Waals surface area contributed by atoms with Crippen molar-refractivity contribution in [1.29, 1.82) is 0 Å². The molecule has 0 heterocycles. The van der Waals surface area contributed by atoms with Crippen molar-refractivity contribution >= 4 is 10.0 Å². The second-order valence-corrected chi connectivity index (χ2v) is 6.94. The molecule has 5 heteroatoms. The average Bonchev–Trinajstić information content (AvgIpc) is 2.47. The molecule has 1 aromatic rings. The SMILES string of the molecule is CCC(CC)N(C)S(=O)(=O)c1cc(C#CCN)ccc1C. The highest BCUT2D eigenvalue weighted by molar-refractivity contribution is 7.89. The molecule has 0 aliphatic carbocycles. The zero-order valence-corrected chi connectivity index (χ0v) is 14.0. The lowest BCUT2D eigenvalue weighted by Gasteiger charge is -2.26. The van der Waals surface area contributed by atoms with E-state index in [0.29, 0.717) is 10.5 Å². The minimum atomic E-state index is -3.51. The Hall–Kier alpha value is -1.35. The Balaban J connectivity index is 3.30. The van der Waals surface area contributed by atoms with E-state index in [-0.39, 0.29) is 12.6 Å². The highest BCUT2D eigenvalue weighted by atomic mass is 32.2. The first-order chi connectivity index (χ1) is 9.88. The fraction of sp³-hybridized carbons (Fsp3) is 0.500. The average molecular weight is 308 g/mol. The van der Waals surface area contributed by atoms with Gasteiger partial charge in [0.15, 0.2) is 0 Å². The minimum absolute atomic E-state index is 0.00758. The molecular formula is C16H24N2O2S. The van der Waals surface area contributed by atoms with Crippen LogP contribution in [0.5, 0.6) is 0 Å². The molecule has 0 bridgehead atoms. The van der Waals surface area contributed by atoms with Gasteiger partial charge in [-0.15, -0.1) is 0 Å². The predicted molar refractivity (Wildman–Crippen MR) is 86.4 cm³/mol. The summed E-state index contributed by atoms with van der Waals surface area (Å²) in [6, 6.07) is 5.24. The minimum Gasteiger partial charge on any atom is -0.320 e. The van der Waals surface area contributed by atoms with Crippen molar-refractivity contribution in [3.63, 3.8) is 0 Å². The van der Waals surface area contributed by atoms with Crippen molar-refractivity contribution in [3.05, 3.63) is 29.3 Å². The summed E-state index contributed by atoms with van der Waals surface area (Å²) in [4.78, 5) is 0.320. The summed E-state index contributed by atoms with van der Waals surface area (Å²) in [5.74, 6) is 5.63. The van der Waals surface area contributed by atoms with Gasteiger partial charge in [0.1, 0.15) is 0 Å². The maximum absolute atomic E-state index is 12.8. The first kappa shape index (κ1) is 17.7. The standard InChI is InChI=1S/C16H24N2O2S/c1-5-15(6-2)18(4)21(19,20)16-12-14(8-7-11-17)10-9-13(16)3/h9-10,12,15H,5-6,11,17H2,1-4H3. The van der Waals surface area contributed by atoms with E-state index < -0.39 is 10.0 Å². The van der Waals surface area contributed by atoms with Crippen molar-refractivity contribution in [1.82, 2.24) is 4.31 Å². The first-order valence-electron chi connectivity index (χ1n) is 7.16. The molecule has 0 aromatic heterocycles. The molecule has 0 saturated heterocycles. The van der Waals surface area contributed by atoms with Gasteiger partial charge < -0.3 is 5.73 Å². The van der Waals surface area contributed by atoms with Crippen molar-refractivity contribution < 1.29 is 8.42 Å². The predicted octanol–water partition coefficient (Wildman–Crippen LogP) is 2.11. The largest absolute Gasteiger partial charge is 0.320 e. The monoisotopic (exact) mass is 308 g/mol. The maximum atomic E-state index is 12.8. The third-order valence-corrected chi connectivity index (χ3v) is 5.69. The molecule has 0 saturated carbocycles. The van der Waals surface area contributed by atoms with Crippen LogP contribution in [0.25, 0.3) is 0 Å². The molecule has 0 spiro atoms. The number of rotatable bonds is 5. The van der Waals surface area contributed by atoms with E-state index in [1.165, 1.54) is 4.31 Å². The molecule has 0 fully saturated rings. The molecule has 116 valence electrons. The van der Waals surface area contributed by atoms with Crippen LogP contribution in [0.4, 0.5) is 0 Å². The number of aryl methyl sites for hydroxylation is 1. The van der Waals surface area contributed by atoms with Gasteiger partial charge in [-0.1, -0.05) is 31.8 Å². The lowest BCUT2D eigenvalue weighted by molar-refractivity contribution is 0.349. The van der Waals surface area contributed by atoms with E-state index in [4.69, 9.17) is 5.73 Å². The summed E-state index contributed by atoms with van der Waals surface area (Å²) < 4.78 is 27.1. The normalized spacial score (nSPS) is 11.6. The van der Waals surface area contributed by atoms with Gasteiger partial charge in [-0.25, -0.2) is 8.42 Å². The molecule has 0 aliphatic rings. The Bertz CT molecular complexity index is 638. The number of nitrogens with zero attached hydrogens (tertiary/aromatic N) is 1. The second-order valence-electron chi connectivity index (χ2n) is 4.98. The van der Waals surface area contributed by atoms with E-state index >= 15 is 0 Å². The van der Waals surface area contributed by atoms with E-state index in [9.17, 15) is 8.42 Å². The molecule has 0 unspecified atom stereocenters. The van der Waals surface area contributed by atoms with Gasteiger partial charge in [-0.05, 0) is 37.5 Å². The molecule has 1 aromatic carbocycles. The summed E-state index contributed by atoms with van der Waals surface area (Å²) in [6.07, 6.45) is 1.58. The van der Waals surface area contributed by atoms with Crippen molar-refractivity contribution in [2.24, 2.45) is 5.73 Å². The zero-order valence-electron chi connectivity index (χ0n) is 13.2. The quantitative estimate of drug-likeness (QED) is 0.847. The van der Waals surface area contributed by atoms with Crippen molar-refractivity contribution in [2.75, 3.05) is 13.6 Å². The first-order valence-corrected chi connectivity index (χ1v) is 8.60. The van der Waals surface area contributed by atoms with Gasteiger partial charge >= 0.3 is 0 Å². The number of sulfonamides is 1. The Labute approximate surface area is 128 Å². The number of hydrogen-bond donors (Lipinski definition) is 1. The molecule has 0 radical (unpaired) electrons. The Morgan fingerprint density at radius 1 is 1.29 bits per heavy atom. The second kappa shape index (κ2) is 7.60. The molecule has 0 amide bonds. The Kier molecular flexibility index (Phi) is 6.41. The molecule has 21 heavy (non-hydrogen) atoms. The molecule has 0 atom stereocenters. The molecule has 4 nitrogen and oxygen atoms in total. The summed E-state index contributed by atoms with van der Waals surface area (Å²) in [5, 5.41) is 0. The van der Waals surface area contributed by atoms with Gasteiger partial charge in [0.05, 0.1) is 11.4 Å². The summed E-state index contributed by atoms with van der Waals surface area (Å²) in [7, 11) is -1.86. The zero-order chi connectivity index (χ0) is 16.0. The third kappa shape index (κ3) is 4.07. The number of benzene rings is 1. The lowest BCUT2D eigenvalue weighted by Crippen LogP contribution is -2.36. The number of hydrogen-bond acceptors (Lipinski definition) is 3. The van der Waals surface area contributed by atoms with Crippen LogP contribution >= 0.6 is 0 Å². The van der Waals surface area contributed by atoms with Crippen LogP contribution in [0.1, 0.15) is 37.8 Å². The third-order valence-electron chi connectivity index (χ3n) is 3.64. The summed E-state index contributed by atoms with van der Waals surface area (Å²) >= 11 is 0. The van der Waals surface area contributed by atoms with Gasteiger partial charge in [0.25, 0.3) is 0 Å². The number of nitrogens with two attached hydrogens (primary N) is 1. The fourth-order valence-electron chi connectivity index (χ4n) is 2.26.